The minimum atomic E-state index is -2.84. The van der Waals surface area contributed by atoms with Gasteiger partial charge in [-0.2, -0.15) is 0 Å². The van der Waals surface area contributed by atoms with Crippen molar-refractivity contribution in [1.82, 2.24) is 0 Å². The molecular formula is C22H24O3Si2. The van der Waals surface area contributed by atoms with Gasteiger partial charge in [0.1, 0.15) is 0 Å². The van der Waals surface area contributed by atoms with Gasteiger partial charge in [0.25, 0.3) is 14.3 Å². The number of carbonyl (C=O) groups is 1. The van der Waals surface area contributed by atoms with Crippen molar-refractivity contribution in [3.05, 3.63) is 91.0 Å². The molecule has 27 heavy (non-hydrogen) atoms. The maximum atomic E-state index is 11.7. The fraction of sp³-hybridized carbons (Fsp3) is 0.136. The Morgan fingerprint density at radius 2 is 1.00 bits per heavy atom. The molecule has 0 saturated heterocycles. The largest absolute Gasteiger partial charge is 0.495 e. The van der Waals surface area contributed by atoms with Crippen molar-refractivity contribution in [2.45, 2.75) is 20.0 Å². The number of hydrogen-bond acceptors (Lipinski definition) is 3. The van der Waals surface area contributed by atoms with Crippen LogP contribution in [0.15, 0.2) is 91.0 Å². The van der Waals surface area contributed by atoms with E-state index in [2.05, 4.69) is 36.4 Å². The maximum Gasteiger partial charge on any atom is 0.385 e. The molecule has 0 fully saturated rings. The summed E-state index contributed by atoms with van der Waals surface area (Å²) in [6.07, 6.45) is 0. The average Bonchev–Trinajstić information content (AvgIpc) is 2.67. The number of benzene rings is 3. The second kappa shape index (κ2) is 8.04. The van der Waals surface area contributed by atoms with Crippen LogP contribution in [-0.4, -0.2) is 22.8 Å². The van der Waals surface area contributed by atoms with Crippen molar-refractivity contribution < 1.29 is 13.3 Å². The van der Waals surface area contributed by atoms with Crippen molar-refractivity contribution in [1.29, 1.82) is 0 Å². The Morgan fingerprint density at radius 3 is 1.30 bits per heavy atom. The maximum absolute atomic E-state index is 11.7. The van der Waals surface area contributed by atoms with Gasteiger partial charge in [-0.15, -0.1) is 0 Å². The molecule has 0 saturated carbocycles. The lowest BCUT2D eigenvalue weighted by molar-refractivity contribution is -0.133. The molecule has 0 aliphatic carbocycles. The van der Waals surface area contributed by atoms with Crippen LogP contribution in [-0.2, 0) is 13.3 Å². The predicted octanol–water partition coefficient (Wildman–Crippen LogP) is 2.94. The minimum Gasteiger partial charge on any atom is -0.495 e. The molecule has 0 spiro atoms. The highest BCUT2D eigenvalue weighted by Crippen LogP contribution is 2.18. The number of hydrogen-bond donors (Lipinski definition) is 0. The molecule has 0 aliphatic heterocycles. The van der Waals surface area contributed by atoms with Crippen molar-refractivity contribution in [2.24, 2.45) is 0 Å². The Kier molecular flexibility index (Phi) is 5.75. The van der Waals surface area contributed by atoms with Gasteiger partial charge >= 0.3 is 8.56 Å². The van der Waals surface area contributed by atoms with Crippen molar-refractivity contribution in [3.63, 3.8) is 0 Å². The fourth-order valence-electron chi connectivity index (χ4n) is 3.43. The van der Waals surface area contributed by atoms with Gasteiger partial charge in [0.15, 0.2) is 0 Å². The zero-order valence-electron chi connectivity index (χ0n) is 15.9. The summed E-state index contributed by atoms with van der Waals surface area (Å²) < 4.78 is 12.6. The molecule has 3 nitrogen and oxygen atoms in total. The zero-order chi connectivity index (χ0) is 19.3. The average molecular weight is 393 g/mol. The molecule has 0 unspecified atom stereocenters. The Morgan fingerprint density at radius 1 is 0.667 bits per heavy atom. The number of carbonyl (C=O) groups excluding carboxylic acids is 1. The third-order valence-electron chi connectivity index (χ3n) is 4.33. The molecule has 0 N–H and O–H groups in total. The summed E-state index contributed by atoms with van der Waals surface area (Å²) >= 11 is 0. The molecule has 0 heterocycles. The van der Waals surface area contributed by atoms with Gasteiger partial charge in [0, 0.05) is 6.92 Å². The first-order chi connectivity index (χ1) is 12.9. The van der Waals surface area contributed by atoms with Crippen molar-refractivity contribution in [3.8, 4) is 0 Å². The van der Waals surface area contributed by atoms with Gasteiger partial charge in [-0.25, -0.2) is 0 Å². The lowest BCUT2D eigenvalue weighted by Gasteiger charge is -2.38. The normalized spacial score (nSPS) is 11.8. The third-order valence-corrected chi connectivity index (χ3v) is 11.7. The van der Waals surface area contributed by atoms with E-state index < -0.39 is 16.9 Å². The van der Waals surface area contributed by atoms with Crippen LogP contribution in [0.2, 0.25) is 13.1 Å². The highest BCUT2D eigenvalue weighted by Gasteiger charge is 2.48. The monoisotopic (exact) mass is 392 g/mol. The van der Waals surface area contributed by atoms with E-state index in [0.717, 1.165) is 15.6 Å². The molecular weight excluding hydrogens is 368 g/mol. The van der Waals surface area contributed by atoms with Gasteiger partial charge in [0.2, 0.25) is 0 Å². The first-order valence-electron chi connectivity index (χ1n) is 9.00. The van der Waals surface area contributed by atoms with Crippen LogP contribution in [0.5, 0.6) is 0 Å². The van der Waals surface area contributed by atoms with E-state index in [0.29, 0.717) is 0 Å². The van der Waals surface area contributed by atoms with Gasteiger partial charge in [-0.1, -0.05) is 91.0 Å². The molecule has 0 atom stereocenters. The molecule has 0 amide bonds. The van der Waals surface area contributed by atoms with Crippen LogP contribution < -0.4 is 15.6 Å². The molecule has 3 aromatic rings. The van der Waals surface area contributed by atoms with E-state index in [-0.39, 0.29) is 5.97 Å². The van der Waals surface area contributed by atoms with Gasteiger partial charge < -0.3 is 8.54 Å². The van der Waals surface area contributed by atoms with E-state index in [4.69, 9.17) is 8.54 Å². The summed E-state index contributed by atoms with van der Waals surface area (Å²) in [5, 5.41) is 3.40. The lowest BCUT2D eigenvalue weighted by atomic mass is 10.3. The smallest absolute Gasteiger partial charge is 0.385 e. The van der Waals surface area contributed by atoms with Crippen LogP contribution in [0.25, 0.3) is 0 Å². The van der Waals surface area contributed by atoms with Crippen LogP contribution in [0.4, 0.5) is 0 Å². The first kappa shape index (κ1) is 19.3. The van der Waals surface area contributed by atoms with E-state index >= 15 is 0 Å². The fourth-order valence-corrected chi connectivity index (χ4v) is 11.6. The van der Waals surface area contributed by atoms with Crippen LogP contribution in [0.1, 0.15) is 6.92 Å². The third kappa shape index (κ3) is 4.27. The number of rotatable bonds is 6. The Labute approximate surface area is 163 Å². The summed E-state index contributed by atoms with van der Waals surface area (Å²) in [7, 11) is -5.58. The molecule has 5 heteroatoms. The summed E-state index contributed by atoms with van der Waals surface area (Å²) in [5.74, 6) is -0.302. The summed E-state index contributed by atoms with van der Waals surface area (Å²) in [5.41, 5.74) is 0. The van der Waals surface area contributed by atoms with Gasteiger partial charge in [0.05, 0.1) is 0 Å². The van der Waals surface area contributed by atoms with Crippen molar-refractivity contribution in [2.75, 3.05) is 0 Å². The quantitative estimate of drug-likeness (QED) is 0.478. The van der Waals surface area contributed by atoms with E-state index in [1.54, 1.807) is 0 Å². The highest BCUT2D eigenvalue weighted by atomic mass is 28.4. The highest BCUT2D eigenvalue weighted by molar-refractivity contribution is 7.10. The first-order valence-corrected chi connectivity index (χ1v) is 13.7. The van der Waals surface area contributed by atoms with Gasteiger partial charge in [-0.05, 0) is 28.7 Å². The second-order valence-corrected chi connectivity index (χ2v) is 13.8. The van der Waals surface area contributed by atoms with Crippen LogP contribution in [0, 0.1) is 0 Å². The second-order valence-electron chi connectivity index (χ2n) is 6.87. The van der Waals surface area contributed by atoms with Crippen molar-refractivity contribution >= 4 is 38.4 Å². The standard InChI is InChI=1S/C22H24O3Si2/c1-19(23)24-26(2,3)25-27(20-13-7-4-8-14-20,21-15-9-5-10-16-21)22-17-11-6-12-18-22/h4-18H,1-3H3. The SMILES string of the molecule is CC(=O)O[Si](C)(C)O[Si](c1ccccc1)(c1ccccc1)c1ccccc1. The Bertz CT molecular complexity index is 785. The topological polar surface area (TPSA) is 35.5 Å². The molecule has 0 aliphatic rings. The van der Waals surface area contributed by atoms with Crippen LogP contribution in [0.3, 0.4) is 0 Å². The van der Waals surface area contributed by atoms with E-state index in [1.807, 2.05) is 67.7 Å². The van der Waals surface area contributed by atoms with Gasteiger partial charge in [-0.3, -0.25) is 4.79 Å². The molecule has 0 bridgehead atoms. The van der Waals surface area contributed by atoms with E-state index in [1.165, 1.54) is 6.92 Å². The van der Waals surface area contributed by atoms with Crippen LogP contribution >= 0.6 is 0 Å². The minimum absolute atomic E-state index is 0.302. The van der Waals surface area contributed by atoms with E-state index in [9.17, 15) is 4.79 Å². The zero-order valence-corrected chi connectivity index (χ0v) is 17.9. The Balaban J connectivity index is 2.28. The lowest BCUT2D eigenvalue weighted by Crippen LogP contribution is -2.72. The molecule has 0 aromatic heterocycles. The molecule has 3 aromatic carbocycles. The molecule has 3 rings (SSSR count). The predicted molar refractivity (Wildman–Crippen MR) is 114 cm³/mol. The summed E-state index contributed by atoms with van der Waals surface area (Å²) in [6, 6.07) is 30.9. The molecule has 0 radical (unpaired) electrons. The Hall–Kier alpha value is -2.48. The summed E-state index contributed by atoms with van der Waals surface area (Å²) in [6.45, 7) is 5.31. The summed E-state index contributed by atoms with van der Waals surface area (Å²) in [4.78, 5) is 11.7. The molecule has 138 valence electrons.